The number of hydrogen-bond donors (Lipinski definition) is 4. The van der Waals surface area contributed by atoms with E-state index in [4.69, 9.17) is 15.9 Å². The predicted molar refractivity (Wildman–Crippen MR) is 147 cm³/mol. The second kappa shape index (κ2) is 21.6. The molecule has 2 heterocycles. The van der Waals surface area contributed by atoms with Gasteiger partial charge >= 0.3 is 68.9 Å². The number of aryl methyl sites for hydroxylation is 2. The van der Waals surface area contributed by atoms with E-state index >= 15 is 0 Å². The van der Waals surface area contributed by atoms with Crippen LogP contribution in [-0.2, 0) is 20.8 Å². The molecule has 3 rings (SSSR count). The number of nitrogens with two attached hydrogens (primary N) is 2. The molecule has 12 heteroatoms. The SMILES string of the molecule is CNCC(=O)NC(CCc1ccccc1)c1nnc(C)o1.NCCCCC(N)C(=O)N1CCCC1C=O.[CH3-].[Cs+]. The van der Waals surface area contributed by atoms with E-state index in [0.29, 0.717) is 37.7 Å². The molecule has 2 aromatic rings. The van der Waals surface area contributed by atoms with Crippen LogP contribution in [-0.4, -0.2) is 72.0 Å². The van der Waals surface area contributed by atoms with Crippen molar-refractivity contribution in [1.82, 2.24) is 25.7 Å². The maximum absolute atomic E-state index is 11.9. The zero-order chi connectivity index (χ0) is 27.0. The van der Waals surface area contributed by atoms with E-state index in [1.807, 2.05) is 18.2 Å². The first-order valence-electron chi connectivity index (χ1n) is 12.9. The van der Waals surface area contributed by atoms with Crippen LogP contribution in [0.5, 0.6) is 0 Å². The number of nitrogens with zero attached hydrogens (tertiary/aromatic N) is 3. The largest absolute Gasteiger partial charge is 1.00 e. The molecule has 1 aromatic carbocycles. The summed E-state index contributed by atoms with van der Waals surface area (Å²) in [7, 11) is 1.73. The van der Waals surface area contributed by atoms with Gasteiger partial charge in [0.2, 0.25) is 23.6 Å². The number of carbonyl (C=O) groups is 3. The molecule has 2 amide bonds. The zero-order valence-corrected chi connectivity index (χ0v) is 30.2. The summed E-state index contributed by atoms with van der Waals surface area (Å²) in [5.41, 5.74) is 12.4. The molecule has 0 aliphatic carbocycles. The molecule has 11 nitrogen and oxygen atoms in total. The second-order valence-corrected chi connectivity index (χ2v) is 9.10. The number of likely N-dealkylation sites (tertiary alicyclic amines) is 1. The Labute approximate surface area is 291 Å². The van der Waals surface area contributed by atoms with Gasteiger partial charge in [-0.25, -0.2) is 0 Å². The van der Waals surface area contributed by atoms with Gasteiger partial charge in [0.1, 0.15) is 12.3 Å². The van der Waals surface area contributed by atoms with Crippen LogP contribution in [0, 0.1) is 14.4 Å². The minimum absolute atomic E-state index is 0. The van der Waals surface area contributed by atoms with Gasteiger partial charge < -0.3 is 43.6 Å². The van der Waals surface area contributed by atoms with Crippen LogP contribution in [0.4, 0.5) is 0 Å². The van der Waals surface area contributed by atoms with E-state index in [1.54, 1.807) is 18.9 Å². The Morgan fingerprint density at radius 3 is 2.51 bits per heavy atom. The number of hydrogen-bond acceptors (Lipinski definition) is 9. The molecule has 0 saturated carbocycles. The zero-order valence-electron chi connectivity index (χ0n) is 23.9. The van der Waals surface area contributed by atoms with Crippen LogP contribution in [0.15, 0.2) is 34.7 Å². The number of carbonyl (C=O) groups excluding carboxylic acids is 3. The van der Waals surface area contributed by atoms with Gasteiger partial charge in [0.05, 0.1) is 18.6 Å². The van der Waals surface area contributed by atoms with Crippen molar-refractivity contribution in [3.63, 3.8) is 0 Å². The van der Waals surface area contributed by atoms with Crippen molar-refractivity contribution in [2.75, 3.05) is 26.7 Å². The van der Waals surface area contributed by atoms with E-state index in [0.717, 1.165) is 38.4 Å². The fraction of sp³-hybridized carbons (Fsp3) is 0.556. The molecule has 6 N–H and O–H groups in total. The van der Waals surface area contributed by atoms with Crippen molar-refractivity contribution in [2.24, 2.45) is 11.5 Å². The summed E-state index contributed by atoms with van der Waals surface area (Å²) in [4.78, 5) is 36.1. The Bertz CT molecular complexity index is 961. The Hall–Kier alpha value is -1.10. The van der Waals surface area contributed by atoms with Crippen LogP contribution in [0.1, 0.15) is 61.9 Å². The van der Waals surface area contributed by atoms with Gasteiger partial charge in [-0.2, -0.15) is 0 Å². The first-order valence-corrected chi connectivity index (χ1v) is 12.9. The molecule has 1 aliphatic heterocycles. The van der Waals surface area contributed by atoms with E-state index in [1.165, 1.54) is 5.56 Å². The molecular formula is C27H44CsN7O4. The monoisotopic (exact) mass is 663 g/mol. The van der Waals surface area contributed by atoms with Crippen LogP contribution in [0.3, 0.4) is 0 Å². The van der Waals surface area contributed by atoms with Gasteiger partial charge in [0, 0.05) is 13.5 Å². The number of unbranched alkanes of at least 4 members (excludes halogenated alkanes) is 1. The Morgan fingerprint density at radius 2 is 1.92 bits per heavy atom. The number of aromatic nitrogens is 2. The molecule has 1 aromatic heterocycles. The molecule has 212 valence electrons. The standard InChI is InChI=1S/C15H20N4O2.C11H21N3O2.CH3.Cs/c1-11-18-19-15(21-11)13(17-14(20)10-16-2)9-8-12-6-4-3-5-7-12;12-6-2-1-5-10(13)11(16)14-7-3-4-9(14)8-15;;/h3-7,13,16H,8-10H2,1-2H3,(H,17,20);8-10H,1-7,12-13H2;1H3;/q;;-1;+1. The topological polar surface area (TPSA) is 169 Å². The summed E-state index contributed by atoms with van der Waals surface area (Å²) in [6.45, 7) is 3.28. The predicted octanol–water partition coefficient (Wildman–Crippen LogP) is -1.53. The fourth-order valence-corrected chi connectivity index (χ4v) is 4.12. The molecule has 1 fully saturated rings. The van der Waals surface area contributed by atoms with Gasteiger partial charge in [-0.05, 0) is 57.7 Å². The molecule has 3 atom stereocenters. The van der Waals surface area contributed by atoms with Crippen molar-refractivity contribution >= 4 is 18.1 Å². The summed E-state index contributed by atoms with van der Waals surface area (Å²) in [5.74, 6) is 0.767. The molecule has 1 saturated heterocycles. The van der Waals surface area contributed by atoms with Crippen LogP contribution in [0.25, 0.3) is 0 Å². The van der Waals surface area contributed by atoms with Gasteiger partial charge in [0.25, 0.3) is 0 Å². The number of amides is 2. The fourth-order valence-electron chi connectivity index (χ4n) is 4.12. The van der Waals surface area contributed by atoms with Crippen molar-refractivity contribution in [3.05, 3.63) is 55.1 Å². The molecule has 0 radical (unpaired) electrons. The van der Waals surface area contributed by atoms with Crippen molar-refractivity contribution in [2.45, 2.75) is 70.0 Å². The van der Waals surface area contributed by atoms with E-state index in [2.05, 4.69) is 33.0 Å². The second-order valence-electron chi connectivity index (χ2n) is 9.10. The van der Waals surface area contributed by atoms with Gasteiger partial charge in [-0.1, -0.05) is 36.8 Å². The third-order valence-corrected chi connectivity index (χ3v) is 6.10. The van der Waals surface area contributed by atoms with Crippen LogP contribution < -0.4 is 91.0 Å². The van der Waals surface area contributed by atoms with Gasteiger partial charge in [-0.15, -0.1) is 10.2 Å². The average Bonchev–Trinajstić information content (AvgIpc) is 3.56. The van der Waals surface area contributed by atoms with Crippen LogP contribution in [0.2, 0.25) is 0 Å². The number of nitrogens with one attached hydrogen (secondary N) is 2. The Balaban J connectivity index is 0.000000729. The van der Waals surface area contributed by atoms with Crippen molar-refractivity contribution < 1.29 is 87.7 Å². The maximum Gasteiger partial charge on any atom is 1.00 e. The van der Waals surface area contributed by atoms with Crippen molar-refractivity contribution in [1.29, 1.82) is 0 Å². The quantitative estimate of drug-likeness (QED) is 0.113. The molecule has 3 unspecified atom stereocenters. The minimum atomic E-state index is -0.480. The van der Waals surface area contributed by atoms with Gasteiger partial charge in [-0.3, -0.25) is 9.59 Å². The molecule has 1 aliphatic rings. The number of benzene rings is 1. The van der Waals surface area contributed by atoms with E-state index in [-0.39, 0.29) is 107 Å². The summed E-state index contributed by atoms with van der Waals surface area (Å²) in [6, 6.07) is 9.10. The first-order chi connectivity index (χ1) is 17.9. The van der Waals surface area contributed by atoms with Crippen molar-refractivity contribution in [3.8, 4) is 0 Å². The van der Waals surface area contributed by atoms with Gasteiger partial charge in [0.15, 0.2) is 0 Å². The summed E-state index contributed by atoms with van der Waals surface area (Å²) in [6.07, 6.45) is 6.44. The molecule has 39 heavy (non-hydrogen) atoms. The third-order valence-electron chi connectivity index (χ3n) is 6.10. The Morgan fingerprint density at radius 1 is 1.21 bits per heavy atom. The van der Waals surface area contributed by atoms with E-state index in [9.17, 15) is 14.4 Å². The summed E-state index contributed by atoms with van der Waals surface area (Å²) in [5, 5.41) is 13.6. The summed E-state index contributed by atoms with van der Waals surface area (Å²) >= 11 is 0. The number of likely N-dealkylation sites (N-methyl/N-ethyl adjacent to an activating group) is 1. The van der Waals surface area contributed by atoms with Crippen LogP contribution >= 0.6 is 0 Å². The smallest absolute Gasteiger partial charge is 0.423 e. The third kappa shape index (κ3) is 13.9. The normalized spacial score (nSPS) is 15.6. The first kappa shape index (κ1) is 37.9. The molecular weight excluding hydrogens is 619 g/mol. The average molecular weight is 664 g/mol. The summed E-state index contributed by atoms with van der Waals surface area (Å²) < 4.78 is 5.46. The number of aldehydes is 1. The maximum atomic E-state index is 11.9. The number of rotatable bonds is 13. The Kier molecular flexibility index (Phi) is 21.0. The molecule has 0 spiro atoms. The molecule has 0 bridgehead atoms. The minimum Gasteiger partial charge on any atom is -0.423 e. The van der Waals surface area contributed by atoms with E-state index < -0.39 is 6.04 Å².